The number of methoxy groups -OCH3 is 2. The largest absolute Gasteiger partial charge is 0.495 e. The highest BCUT2D eigenvalue weighted by molar-refractivity contribution is 6.32. The van der Waals surface area contributed by atoms with Crippen molar-refractivity contribution in [3.63, 3.8) is 0 Å². The highest BCUT2D eigenvalue weighted by Gasteiger charge is 2.34. The predicted molar refractivity (Wildman–Crippen MR) is 127 cm³/mol. The Balaban J connectivity index is 1.82. The monoisotopic (exact) mass is 490 g/mol. The van der Waals surface area contributed by atoms with Gasteiger partial charge in [0.1, 0.15) is 17.7 Å². The zero-order valence-electron chi connectivity index (χ0n) is 18.9. The van der Waals surface area contributed by atoms with Gasteiger partial charge in [0.25, 0.3) is 0 Å². The SMILES string of the molecule is COc1cc(OC)c(NC(=O)CN2c3ccccc3C(=O)C(CCCC(=O)O)CC2O)cc1Cl. The van der Waals surface area contributed by atoms with Gasteiger partial charge in [0, 0.05) is 30.4 Å². The molecule has 1 aliphatic rings. The van der Waals surface area contributed by atoms with Gasteiger partial charge in [-0.3, -0.25) is 14.4 Å². The first kappa shape index (κ1) is 25.3. The van der Waals surface area contributed by atoms with Crippen LogP contribution in [0.3, 0.4) is 0 Å². The van der Waals surface area contributed by atoms with Crippen molar-refractivity contribution in [1.82, 2.24) is 0 Å². The van der Waals surface area contributed by atoms with Crippen LogP contribution in [0.25, 0.3) is 0 Å². The molecule has 2 aromatic carbocycles. The average molecular weight is 491 g/mol. The Bertz CT molecular complexity index is 1080. The number of nitrogens with one attached hydrogen (secondary N) is 1. The molecule has 3 N–H and O–H groups in total. The Morgan fingerprint density at radius 2 is 1.88 bits per heavy atom. The summed E-state index contributed by atoms with van der Waals surface area (Å²) in [6.45, 7) is -0.236. The number of anilines is 2. The number of halogens is 1. The summed E-state index contributed by atoms with van der Waals surface area (Å²) in [5.41, 5.74) is 1.16. The van der Waals surface area contributed by atoms with E-state index < -0.39 is 24.0 Å². The zero-order valence-corrected chi connectivity index (χ0v) is 19.7. The van der Waals surface area contributed by atoms with Crippen molar-refractivity contribution in [3.8, 4) is 11.5 Å². The molecular weight excluding hydrogens is 464 g/mol. The summed E-state index contributed by atoms with van der Waals surface area (Å²) >= 11 is 6.18. The van der Waals surface area contributed by atoms with E-state index in [1.165, 1.54) is 25.2 Å². The number of hydrogen-bond acceptors (Lipinski definition) is 7. The molecule has 0 bridgehead atoms. The molecule has 182 valence electrons. The van der Waals surface area contributed by atoms with Crippen molar-refractivity contribution in [2.75, 3.05) is 31.0 Å². The number of carbonyl (C=O) groups excluding carboxylic acids is 2. The third-order valence-corrected chi connectivity index (χ3v) is 6.01. The van der Waals surface area contributed by atoms with Crippen LogP contribution in [0.1, 0.15) is 36.0 Å². The number of ether oxygens (including phenoxy) is 2. The molecule has 1 heterocycles. The molecule has 10 heteroatoms. The number of carboxylic acids is 1. The van der Waals surface area contributed by atoms with E-state index >= 15 is 0 Å². The van der Waals surface area contributed by atoms with Gasteiger partial charge >= 0.3 is 5.97 Å². The normalized spacial score (nSPS) is 17.5. The van der Waals surface area contributed by atoms with Gasteiger partial charge in [-0.05, 0) is 31.0 Å². The maximum Gasteiger partial charge on any atom is 0.303 e. The first-order chi connectivity index (χ1) is 16.2. The molecule has 0 spiro atoms. The van der Waals surface area contributed by atoms with Crippen molar-refractivity contribution in [2.45, 2.75) is 31.9 Å². The van der Waals surface area contributed by atoms with E-state index in [2.05, 4.69) is 5.32 Å². The average Bonchev–Trinajstić information content (AvgIpc) is 2.90. The summed E-state index contributed by atoms with van der Waals surface area (Å²) in [6.07, 6.45) is -0.440. The third kappa shape index (κ3) is 5.78. The van der Waals surface area contributed by atoms with Crippen LogP contribution in [0.15, 0.2) is 36.4 Å². The molecule has 1 amide bonds. The number of carbonyl (C=O) groups is 3. The molecule has 9 nitrogen and oxygen atoms in total. The molecule has 2 atom stereocenters. The molecule has 0 saturated carbocycles. The number of aliphatic hydroxyl groups excluding tert-OH is 1. The van der Waals surface area contributed by atoms with Crippen LogP contribution in [0.5, 0.6) is 11.5 Å². The fraction of sp³-hybridized carbons (Fsp3) is 0.375. The quantitative estimate of drug-likeness (QED) is 0.487. The van der Waals surface area contributed by atoms with Gasteiger partial charge in [0.05, 0.1) is 37.2 Å². The third-order valence-electron chi connectivity index (χ3n) is 5.71. The standard InChI is InChI=1S/C24H27ClN2O7/c1-33-19-12-20(34-2)17(11-16(19)25)26-21(28)13-27-18-8-4-3-7-15(18)24(32)14(10-22(27)29)6-5-9-23(30)31/h3-4,7-8,11-12,14,22,29H,5-6,9-10,13H2,1-2H3,(H,26,28)(H,30,31). The van der Waals surface area contributed by atoms with Crippen molar-refractivity contribution in [2.24, 2.45) is 5.92 Å². The lowest BCUT2D eigenvalue weighted by molar-refractivity contribution is -0.137. The summed E-state index contributed by atoms with van der Waals surface area (Å²) in [6, 6.07) is 9.82. The second kappa shape index (κ2) is 11.2. The number of amides is 1. The zero-order chi connectivity index (χ0) is 24.8. The van der Waals surface area contributed by atoms with Gasteiger partial charge in [0.2, 0.25) is 5.91 Å². The molecule has 34 heavy (non-hydrogen) atoms. The molecule has 2 unspecified atom stereocenters. The maximum atomic E-state index is 13.1. The van der Waals surface area contributed by atoms with Crippen LogP contribution in [0.4, 0.5) is 11.4 Å². The fourth-order valence-corrected chi connectivity index (χ4v) is 4.28. The lowest BCUT2D eigenvalue weighted by Gasteiger charge is -2.29. The Hall–Kier alpha value is -3.30. The van der Waals surface area contributed by atoms with Gasteiger partial charge in [-0.1, -0.05) is 23.7 Å². The van der Waals surface area contributed by atoms with Gasteiger partial charge < -0.3 is 29.9 Å². The molecule has 0 aromatic heterocycles. The summed E-state index contributed by atoms with van der Waals surface area (Å²) in [5.74, 6) is -1.38. The smallest absolute Gasteiger partial charge is 0.303 e. The Kier molecular flexibility index (Phi) is 8.36. The van der Waals surface area contributed by atoms with Gasteiger partial charge in [-0.15, -0.1) is 0 Å². The Morgan fingerprint density at radius 3 is 2.56 bits per heavy atom. The number of aliphatic hydroxyl groups is 1. The summed E-state index contributed by atoms with van der Waals surface area (Å²) in [4.78, 5) is 38.4. The highest BCUT2D eigenvalue weighted by Crippen LogP contribution is 2.37. The second-order valence-electron chi connectivity index (χ2n) is 7.94. The number of hydrogen-bond donors (Lipinski definition) is 3. The van der Waals surface area contributed by atoms with Crippen molar-refractivity contribution in [1.29, 1.82) is 0 Å². The van der Waals surface area contributed by atoms with E-state index in [1.807, 2.05) is 0 Å². The van der Waals surface area contributed by atoms with Gasteiger partial charge in [-0.25, -0.2) is 0 Å². The molecule has 1 aliphatic heterocycles. The van der Waals surface area contributed by atoms with E-state index in [-0.39, 0.29) is 30.2 Å². The fourth-order valence-electron chi connectivity index (χ4n) is 4.04. The molecule has 0 aliphatic carbocycles. The molecule has 3 rings (SSSR count). The minimum Gasteiger partial charge on any atom is -0.495 e. The van der Waals surface area contributed by atoms with Crippen LogP contribution in [0.2, 0.25) is 5.02 Å². The van der Waals surface area contributed by atoms with E-state index in [4.69, 9.17) is 26.2 Å². The Labute approximate surface area is 202 Å². The first-order valence-corrected chi connectivity index (χ1v) is 11.1. The van der Waals surface area contributed by atoms with Crippen LogP contribution in [-0.2, 0) is 9.59 Å². The van der Waals surface area contributed by atoms with E-state index in [9.17, 15) is 19.5 Å². The predicted octanol–water partition coefficient (Wildman–Crippen LogP) is 3.58. The lowest BCUT2D eigenvalue weighted by Crippen LogP contribution is -2.41. The Morgan fingerprint density at radius 1 is 1.18 bits per heavy atom. The first-order valence-electron chi connectivity index (χ1n) is 10.8. The maximum absolute atomic E-state index is 13.1. The number of benzene rings is 2. The highest BCUT2D eigenvalue weighted by atomic mass is 35.5. The van der Waals surface area contributed by atoms with E-state index in [1.54, 1.807) is 30.3 Å². The molecule has 0 radical (unpaired) electrons. The number of para-hydroxylation sites is 1. The van der Waals surface area contributed by atoms with Gasteiger partial charge in [-0.2, -0.15) is 0 Å². The van der Waals surface area contributed by atoms with Crippen molar-refractivity contribution < 1.29 is 34.1 Å². The summed E-state index contributed by atoms with van der Waals surface area (Å²) in [7, 11) is 2.91. The number of nitrogens with zero attached hydrogens (tertiary/aromatic N) is 1. The topological polar surface area (TPSA) is 125 Å². The number of Topliss-reactive ketones (excluding diaryl/α,β-unsaturated/α-hetero) is 1. The molecule has 0 fully saturated rings. The van der Waals surface area contributed by atoms with Crippen LogP contribution in [0, 0.1) is 5.92 Å². The summed E-state index contributed by atoms with van der Waals surface area (Å²) in [5, 5.41) is 22.9. The van der Waals surface area contributed by atoms with Crippen molar-refractivity contribution in [3.05, 3.63) is 47.0 Å². The van der Waals surface area contributed by atoms with E-state index in [0.29, 0.717) is 41.3 Å². The van der Waals surface area contributed by atoms with Crippen LogP contribution < -0.4 is 19.7 Å². The molecular formula is C24H27ClN2O7. The number of fused-ring (bicyclic) bond motifs is 1. The number of ketones is 1. The van der Waals surface area contributed by atoms with Crippen LogP contribution in [-0.4, -0.2) is 54.9 Å². The minimum absolute atomic E-state index is 0.0557. The van der Waals surface area contributed by atoms with E-state index in [0.717, 1.165) is 0 Å². The molecule has 0 saturated heterocycles. The number of carboxylic acid groups (broad SMARTS) is 1. The van der Waals surface area contributed by atoms with Gasteiger partial charge in [0.15, 0.2) is 5.78 Å². The molecule has 2 aromatic rings. The summed E-state index contributed by atoms with van der Waals surface area (Å²) < 4.78 is 10.5. The lowest BCUT2D eigenvalue weighted by atomic mass is 9.90. The number of rotatable bonds is 9. The van der Waals surface area contributed by atoms with Crippen LogP contribution >= 0.6 is 11.6 Å². The van der Waals surface area contributed by atoms with Crippen molar-refractivity contribution >= 4 is 40.6 Å². The minimum atomic E-state index is -1.12. The second-order valence-corrected chi connectivity index (χ2v) is 8.35. The number of aliphatic carboxylic acids is 1.